The van der Waals surface area contributed by atoms with Gasteiger partial charge in [0, 0.05) is 30.0 Å². The summed E-state index contributed by atoms with van der Waals surface area (Å²) in [5, 5.41) is 10.4. The zero-order valence-electron chi connectivity index (χ0n) is 18.0. The van der Waals surface area contributed by atoms with Gasteiger partial charge in [0.2, 0.25) is 0 Å². The maximum Gasteiger partial charge on any atom is 0.355 e. The predicted molar refractivity (Wildman–Crippen MR) is 128 cm³/mol. The van der Waals surface area contributed by atoms with Gasteiger partial charge in [0.25, 0.3) is 11.6 Å². The number of carbonyl (C=O) groups is 2. The Morgan fingerprint density at radius 2 is 1.97 bits per heavy atom. The van der Waals surface area contributed by atoms with Gasteiger partial charge < -0.3 is 9.47 Å². The zero-order valence-corrected chi connectivity index (χ0v) is 19.6. The second-order valence-electron chi connectivity index (χ2n) is 7.49. The average Bonchev–Trinajstić information content (AvgIpc) is 2.86. The lowest BCUT2D eigenvalue weighted by atomic mass is 10.0. The van der Waals surface area contributed by atoms with E-state index in [1.807, 2.05) is 0 Å². The molecule has 1 amide bonds. The van der Waals surface area contributed by atoms with Crippen molar-refractivity contribution in [3.8, 4) is 5.75 Å². The Bertz CT molecular complexity index is 1170. The Morgan fingerprint density at radius 1 is 1.26 bits per heavy atom. The number of non-ortho nitro benzene ring substituents is 1. The van der Waals surface area contributed by atoms with E-state index >= 15 is 0 Å². The summed E-state index contributed by atoms with van der Waals surface area (Å²) in [5.74, 6) is 0.347. The van der Waals surface area contributed by atoms with E-state index in [4.69, 9.17) is 21.1 Å². The number of alkyl halides is 1. The lowest BCUT2D eigenvalue weighted by Gasteiger charge is -2.48. The first-order chi connectivity index (χ1) is 16.4. The molecular weight excluding hydrogens is 482 g/mol. The van der Waals surface area contributed by atoms with Gasteiger partial charge in [-0.1, -0.05) is 12.1 Å². The zero-order chi connectivity index (χ0) is 24.2. The first kappa shape index (κ1) is 23.8. The van der Waals surface area contributed by atoms with Gasteiger partial charge in [0.1, 0.15) is 23.4 Å². The number of ether oxygens (including phenoxy) is 2. The molecule has 0 saturated carbocycles. The Hall–Kier alpha value is -3.37. The summed E-state index contributed by atoms with van der Waals surface area (Å²) >= 11 is 7.54. The third-order valence-corrected chi connectivity index (χ3v) is 7.04. The fraction of sp³-hybridized carbons (Fsp3) is 0.261. The maximum absolute atomic E-state index is 12.9. The number of aliphatic imine (C=N–C) groups is 1. The number of β-lactam (4-membered cyclic amide) rings is 1. The van der Waals surface area contributed by atoms with Crippen LogP contribution in [0.2, 0.25) is 0 Å². The summed E-state index contributed by atoms with van der Waals surface area (Å²) in [6.07, 6.45) is 1.51. The van der Waals surface area contributed by atoms with Crippen molar-refractivity contribution in [2.45, 2.75) is 18.0 Å². The van der Waals surface area contributed by atoms with Crippen LogP contribution in [0.4, 0.5) is 5.69 Å². The summed E-state index contributed by atoms with van der Waals surface area (Å²) in [7, 11) is 1.57. The molecule has 2 aliphatic rings. The topological polar surface area (TPSA) is 111 Å². The highest BCUT2D eigenvalue weighted by Gasteiger charge is 2.53. The molecule has 2 aliphatic heterocycles. The normalized spacial score (nSPS) is 19.6. The molecule has 0 aliphatic carbocycles. The second-order valence-corrected chi connectivity index (χ2v) is 8.86. The van der Waals surface area contributed by atoms with Crippen LogP contribution in [0, 0.1) is 10.1 Å². The lowest BCUT2D eigenvalue weighted by Crippen LogP contribution is -2.64. The van der Waals surface area contributed by atoms with E-state index in [9.17, 15) is 19.7 Å². The Kier molecular flexibility index (Phi) is 7.18. The van der Waals surface area contributed by atoms with E-state index in [0.29, 0.717) is 22.6 Å². The van der Waals surface area contributed by atoms with Crippen molar-refractivity contribution < 1.29 is 24.0 Å². The standard InChI is InChI=1S/C23H20ClN3O6S/c1-32-18-8-4-15(5-9-18)12-33-23(29)20-16(10-24)13-34-22-19(21(28)26(20)22)25-11-14-2-6-17(7-3-14)27(30)31/h2-9,11,19,22H,10,12-13H2,1H3/t19-,22-/m1/s1. The van der Waals surface area contributed by atoms with Crippen LogP contribution in [0.15, 0.2) is 64.8 Å². The van der Waals surface area contributed by atoms with E-state index < -0.39 is 16.9 Å². The number of amides is 1. The molecule has 0 aromatic heterocycles. The summed E-state index contributed by atoms with van der Waals surface area (Å²) in [6, 6.07) is 12.3. The van der Waals surface area contributed by atoms with E-state index in [-0.39, 0.29) is 35.2 Å². The van der Waals surface area contributed by atoms with Gasteiger partial charge in [0.05, 0.1) is 12.0 Å². The van der Waals surface area contributed by atoms with Crippen LogP contribution in [0.25, 0.3) is 0 Å². The molecule has 1 saturated heterocycles. The maximum atomic E-state index is 12.9. The molecule has 2 heterocycles. The van der Waals surface area contributed by atoms with Crippen molar-refractivity contribution in [3.05, 3.63) is 81.0 Å². The van der Waals surface area contributed by atoms with Gasteiger partial charge in [-0.25, -0.2) is 4.79 Å². The minimum atomic E-state index is -0.665. The number of nitro benzene ring substituents is 1. The molecule has 0 N–H and O–H groups in total. The van der Waals surface area contributed by atoms with Crippen LogP contribution in [0.5, 0.6) is 5.75 Å². The smallest absolute Gasteiger partial charge is 0.355 e. The number of nitro groups is 1. The molecule has 2 aromatic carbocycles. The summed E-state index contributed by atoms with van der Waals surface area (Å²) in [5.41, 5.74) is 2.20. The van der Waals surface area contributed by atoms with Crippen LogP contribution < -0.4 is 4.74 Å². The predicted octanol–water partition coefficient (Wildman–Crippen LogP) is 3.54. The number of hydrogen-bond donors (Lipinski definition) is 0. The molecule has 0 unspecified atom stereocenters. The van der Waals surface area contributed by atoms with Crippen LogP contribution in [0.1, 0.15) is 11.1 Å². The molecule has 0 bridgehead atoms. The largest absolute Gasteiger partial charge is 0.497 e. The molecule has 11 heteroatoms. The van der Waals surface area contributed by atoms with Gasteiger partial charge in [-0.2, -0.15) is 0 Å². The van der Waals surface area contributed by atoms with Crippen molar-refractivity contribution >= 4 is 47.1 Å². The fourth-order valence-electron chi connectivity index (χ4n) is 3.55. The van der Waals surface area contributed by atoms with Gasteiger partial charge in [-0.3, -0.25) is 24.8 Å². The average molecular weight is 502 g/mol. The molecule has 176 valence electrons. The molecule has 0 spiro atoms. The molecule has 2 atom stereocenters. The molecule has 9 nitrogen and oxygen atoms in total. The van der Waals surface area contributed by atoms with E-state index in [1.165, 1.54) is 35.0 Å². The highest BCUT2D eigenvalue weighted by atomic mass is 35.5. The number of halogens is 1. The monoisotopic (exact) mass is 501 g/mol. The number of nitrogens with zero attached hydrogens (tertiary/aromatic N) is 3. The molecule has 1 fully saturated rings. The summed E-state index contributed by atoms with van der Waals surface area (Å²) < 4.78 is 10.6. The fourth-order valence-corrected chi connectivity index (χ4v) is 5.22. The third-order valence-electron chi connectivity index (χ3n) is 5.39. The van der Waals surface area contributed by atoms with Crippen molar-refractivity contribution in [2.75, 3.05) is 18.7 Å². The van der Waals surface area contributed by atoms with Crippen LogP contribution in [-0.2, 0) is 20.9 Å². The molecule has 34 heavy (non-hydrogen) atoms. The minimum absolute atomic E-state index is 0.0255. The van der Waals surface area contributed by atoms with Gasteiger partial charge in [0.15, 0.2) is 6.04 Å². The number of rotatable bonds is 8. The number of esters is 1. The van der Waals surface area contributed by atoms with Crippen LogP contribution >= 0.6 is 23.4 Å². The molecular formula is C23H20ClN3O6S. The Morgan fingerprint density at radius 3 is 2.59 bits per heavy atom. The highest BCUT2D eigenvalue weighted by molar-refractivity contribution is 8.00. The van der Waals surface area contributed by atoms with Crippen molar-refractivity contribution in [2.24, 2.45) is 4.99 Å². The highest BCUT2D eigenvalue weighted by Crippen LogP contribution is 2.42. The number of hydrogen-bond acceptors (Lipinski definition) is 8. The summed E-state index contributed by atoms with van der Waals surface area (Å²) in [6.45, 7) is 0.0451. The first-order valence-electron chi connectivity index (χ1n) is 10.2. The number of carbonyl (C=O) groups excluding carboxylic acids is 2. The van der Waals surface area contributed by atoms with Gasteiger partial charge in [-0.15, -0.1) is 23.4 Å². The van der Waals surface area contributed by atoms with E-state index in [1.54, 1.807) is 43.5 Å². The second kappa shape index (κ2) is 10.3. The molecule has 2 aromatic rings. The van der Waals surface area contributed by atoms with Crippen LogP contribution in [0.3, 0.4) is 0 Å². The number of thioether (sulfide) groups is 1. The van der Waals surface area contributed by atoms with Gasteiger partial charge >= 0.3 is 5.97 Å². The number of benzene rings is 2. The van der Waals surface area contributed by atoms with E-state index in [0.717, 1.165) is 5.56 Å². The third kappa shape index (κ3) is 4.78. The summed E-state index contributed by atoms with van der Waals surface area (Å²) in [4.78, 5) is 41.9. The minimum Gasteiger partial charge on any atom is -0.497 e. The Balaban J connectivity index is 1.44. The van der Waals surface area contributed by atoms with Crippen LogP contribution in [-0.4, -0.2) is 58.1 Å². The van der Waals surface area contributed by atoms with Gasteiger partial charge in [-0.05, 0) is 41.0 Å². The number of methoxy groups -OCH3 is 1. The SMILES string of the molecule is COc1ccc(COC(=O)C2=C(CCl)CS[C@@H]3[C@H](N=Cc4ccc([N+](=O)[O-])cc4)C(=O)N23)cc1. The molecule has 0 radical (unpaired) electrons. The Labute approximate surface area is 204 Å². The van der Waals surface area contributed by atoms with Crippen molar-refractivity contribution in [1.82, 2.24) is 4.90 Å². The first-order valence-corrected chi connectivity index (χ1v) is 11.8. The van der Waals surface area contributed by atoms with Crippen molar-refractivity contribution in [3.63, 3.8) is 0 Å². The number of fused-ring (bicyclic) bond motifs is 1. The lowest BCUT2D eigenvalue weighted by molar-refractivity contribution is -0.384. The quantitative estimate of drug-likeness (QED) is 0.136. The molecule has 4 rings (SSSR count). The van der Waals surface area contributed by atoms with E-state index in [2.05, 4.69) is 4.99 Å². The van der Waals surface area contributed by atoms with Crippen molar-refractivity contribution in [1.29, 1.82) is 0 Å².